The first-order chi connectivity index (χ1) is 22.3. The molecular weight excluding hydrogens is 635 g/mol. The van der Waals surface area contributed by atoms with Crippen LogP contribution >= 0.6 is 0 Å². The summed E-state index contributed by atoms with van der Waals surface area (Å²) >= 11 is 0. The van der Waals surface area contributed by atoms with Crippen LogP contribution < -0.4 is 9.46 Å². The van der Waals surface area contributed by atoms with Crippen molar-refractivity contribution in [1.29, 1.82) is 0 Å². The van der Waals surface area contributed by atoms with E-state index in [0.717, 1.165) is 59.0 Å². The molecule has 1 saturated carbocycles. The van der Waals surface area contributed by atoms with E-state index in [2.05, 4.69) is 15.4 Å². The molecule has 1 aromatic heterocycles. The minimum absolute atomic E-state index is 0.201. The third-order valence-electron chi connectivity index (χ3n) is 9.40. The first-order valence-corrected chi connectivity index (χ1v) is 18.9. The van der Waals surface area contributed by atoms with Gasteiger partial charge in [0.1, 0.15) is 5.75 Å². The molecule has 0 atom stereocenters. The number of carbonyl (C=O) groups is 1. The van der Waals surface area contributed by atoms with Crippen molar-refractivity contribution in [3.8, 4) is 17.0 Å². The van der Waals surface area contributed by atoms with Crippen LogP contribution in [0, 0.1) is 0 Å². The Labute approximate surface area is 277 Å². The molecule has 1 aliphatic heterocycles. The van der Waals surface area contributed by atoms with Gasteiger partial charge in [0.05, 0.1) is 22.9 Å². The topological polar surface area (TPSA) is 115 Å². The highest BCUT2D eigenvalue weighted by atomic mass is 32.2. The molecule has 2 heterocycles. The maximum Gasteiger partial charge on any atom is 0.264 e. The lowest BCUT2D eigenvalue weighted by atomic mass is 9.81. The lowest BCUT2D eigenvalue weighted by molar-refractivity contribution is 0.0981. The molecule has 2 aliphatic rings. The number of hydrogen-bond acceptors (Lipinski definition) is 6. The Balaban J connectivity index is 1.64. The van der Waals surface area contributed by atoms with Crippen LogP contribution in [0.15, 0.2) is 65.6 Å². The van der Waals surface area contributed by atoms with Gasteiger partial charge in [0, 0.05) is 42.7 Å². The van der Waals surface area contributed by atoms with Crippen molar-refractivity contribution in [3.05, 3.63) is 82.9 Å². The molecule has 0 bridgehead atoms. The predicted octanol–water partition coefficient (Wildman–Crippen LogP) is 6.64. The molecule has 0 saturated heterocycles. The van der Waals surface area contributed by atoms with Crippen molar-refractivity contribution in [2.24, 2.45) is 0 Å². The molecule has 0 unspecified atom stereocenters. The van der Waals surface area contributed by atoms with Gasteiger partial charge in [-0.3, -0.25) is 4.79 Å². The Bertz CT molecular complexity index is 2120. The van der Waals surface area contributed by atoms with E-state index >= 15 is 0 Å². The van der Waals surface area contributed by atoms with E-state index in [-0.39, 0.29) is 10.5 Å². The zero-order chi connectivity index (χ0) is 33.7. The van der Waals surface area contributed by atoms with Crippen molar-refractivity contribution in [2.45, 2.75) is 68.6 Å². The number of benzene rings is 3. The van der Waals surface area contributed by atoms with Gasteiger partial charge in [-0.2, -0.15) is 0 Å². The van der Waals surface area contributed by atoms with Gasteiger partial charge in [-0.05, 0) is 97.3 Å². The Morgan fingerprint density at radius 3 is 2.34 bits per heavy atom. The van der Waals surface area contributed by atoms with Gasteiger partial charge in [-0.15, -0.1) is 0 Å². The molecule has 0 spiro atoms. The molecule has 248 valence electrons. The Kier molecular flexibility index (Phi) is 8.84. The summed E-state index contributed by atoms with van der Waals surface area (Å²) < 4.78 is 63.6. The molecule has 6 rings (SSSR count). The maximum absolute atomic E-state index is 13.6. The molecule has 3 aromatic carbocycles. The largest absolute Gasteiger partial charge is 0.497 e. The van der Waals surface area contributed by atoms with Gasteiger partial charge < -0.3 is 9.30 Å². The van der Waals surface area contributed by atoms with Crippen LogP contribution in [0.1, 0.15) is 78.9 Å². The third-order valence-corrected chi connectivity index (χ3v) is 13.0. The average Bonchev–Trinajstić information content (AvgIpc) is 3.27. The highest BCUT2D eigenvalue weighted by molar-refractivity contribution is 7.90. The standard InChI is InChI=1S/C36H41N3O6S2/c1-23(2)46(41,42)37-36(40)25-15-17-31-32(21-25)39-22-27(29-13-9-10-14-33(29)47(43,44)38(3)4)19-26-20-28(45-5)16-18-30(26)35(39)34(31)24-11-7-6-8-12-24/h9-10,13-21,23-24H,6-8,11-12,22H2,1-5H3,(H,37,40). The maximum atomic E-state index is 13.6. The fraction of sp³-hybridized carbons (Fsp3) is 0.361. The average molecular weight is 676 g/mol. The van der Waals surface area contributed by atoms with Crippen LogP contribution in [0.5, 0.6) is 5.75 Å². The second-order valence-electron chi connectivity index (χ2n) is 12.8. The number of carbonyl (C=O) groups excluding carboxylic acids is 1. The zero-order valence-corrected chi connectivity index (χ0v) is 29.0. The minimum atomic E-state index is -3.84. The monoisotopic (exact) mass is 675 g/mol. The van der Waals surface area contributed by atoms with Crippen LogP contribution in [0.3, 0.4) is 0 Å². The van der Waals surface area contributed by atoms with Crippen LogP contribution in [-0.2, 0) is 26.6 Å². The number of fused-ring (bicyclic) bond motifs is 5. The third kappa shape index (κ3) is 6.00. The summed E-state index contributed by atoms with van der Waals surface area (Å²) in [5, 5.41) is 0.241. The number of nitrogens with one attached hydrogen (secondary N) is 1. The predicted molar refractivity (Wildman–Crippen MR) is 186 cm³/mol. The van der Waals surface area contributed by atoms with E-state index in [9.17, 15) is 21.6 Å². The summed E-state index contributed by atoms with van der Waals surface area (Å²) in [7, 11) is -2.96. The van der Waals surface area contributed by atoms with Crippen LogP contribution in [0.25, 0.3) is 33.8 Å². The molecule has 9 nitrogen and oxygen atoms in total. The smallest absolute Gasteiger partial charge is 0.264 e. The quantitative estimate of drug-likeness (QED) is 0.224. The number of allylic oxidation sites excluding steroid dienone is 1. The number of aromatic nitrogens is 1. The van der Waals surface area contributed by atoms with Gasteiger partial charge >= 0.3 is 0 Å². The van der Waals surface area contributed by atoms with Gasteiger partial charge in [0.25, 0.3) is 5.91 Å². The summed E-state index contributed by atoms with van der Waals surface area (Å²) in [5.74, 6) is 0.288. The van der Waals surface area contributed by atoms with Gasteiger partial charge in [0.2, 0.25) is 20.0 Å². The molecular formula is C36H41N3O6S2. The van der Waals surface area contributed by atoms with Crippen molar-refractivity contribution >= 4 is 48.5 Å². The summed E-state index contributed by atoms with van der Waals surface area (Å²) in [6.45, 7) is 3.37. The molecule has 0 radical (unpaired) electrons. The summed E-state index contributed by atoms with van der Waals surface area (Å²) in [6, 6.07) is 18.4. The van der Waals surface area contributed by atoms with E-state index in [0.29, 0.717) is 23.8 Å². The van der Waals surface area contributed by atoms with E-state index < -0.39 is 31.2 Å². The van der Waals surface area contributed by atoms with Crippen molar-refractivity contribution < 1.29 is 26.4 Å². The number of methoxy groups -OCH3 is 1. The van der Waals surface area contributed by atoms with Crippen molar-refractivity contribution in [1.82, 2.24) is 13.6 Å². The summed E-state index contributed by atoms with van der Waals surface area (Å²) in [6.07, 6.45) is 7.55. The lowest BCUT2D eigenvalue weighted by Gasteiger charge is -2.24. The second kappa shape index (κ2) is 12.6. The number of nitrogens with zero attached hydrogens (tertiary/aromatic N) is 2. The second-order valence-corrected chi connectivity index (χ2v) is 17.2. The fourth-order valence-corrected chi connectivity index (χ4v) is 8.54. The first-order valence-electron chi connectivity index (χ1n) is 16.0. The van der Waals surface area contributed by atoms with E-state index in [1.165, 1.54) is 44.2 Å². The fourth-order valence-electron chi connectivity index (χ4n) is 6.81. The number of rotatable bonds is 8. The van der Waals surface area contributed by atoms with Crippen LogP contribution in [0.2, 0.25) is 0 Å². The summed E-state index contributed by atoms with van der Waals surface area (Å²) in [4.78, 5) is 13.5. The van der Waals surface area contributed by atoms with Crippen molar-refractivity contribution in [2.75, 3.05) is 21.2 Å². The van der Waals surface area contributed by atoms with Crippen LogP contribution in [-0.4, -0.2) is 58.1 Å². The summed E-state index contributed by atoms with van der Waals surface area (Å²) in [5.41, 5.74) is 6.50. The highest BCUT2D eigenvalue weighted by Gasteiger charge is 2.31. The molecule has 11 heteroatoms. The normalized spacial score (nSPS) is 15.7. The lowest BCUT2D eigenvalue weighted by Crippen LogP contribution is -2.35. The Morgan fingerprint density at radius 1 is 0.936 bits per heavy atom. The van der Waals surface area contributed by atoms with Gasteiger partial charge in [0.15, 0.2) is 0 Å². The Morgan fingerprint density at radius 2 is 1.66 bits per heavy atom. The first kappa shape index (κ1) is 33.0. The van der Waals surface area contributed by atoms with Gasteiger partial charge in [-0.25, -0.2) is 25.9 Å². The number of ether oxygens (including phenoxy) is 1. The number of hydrogen-bond donors (Lipinski definition) is 1. The molecule has 4 aromatic rings. The molecule has 1 N–H and O–H groups in total. The van der Waals surface area contributed by atoms with E-state index in [1.54, 1.807) is 31.4 Å². The van der Waals surface area contributed by atoms with E-state index in [4.69, 9.17) is 4.74 Å². The SMILES string of the molecule is COc1ccc2c(c1)C=C(c1ccccc1S(=O)(=O)N(C)C)Cn1c-2c(C2CCCCC2)c2ccc(C(=O)NS(=O)(=O)C(C)C)cc21. The molecule has 47 heavy (non-hydrogen) atoms. The zero-order valence-electron chi connectivity index (χ0n) is 27.4. The highest BCUT2D eigenvalue weighted by Crippen LogP contribution is 2.48. The van der Waals surface area contributed by atoms with Crippen molar-refractivity contribution in [3.63, 3.8) is 0 Å². The molecule has 1 fully saturated rings. The minimum Gasteiger partial charge on any atom is -0.497 e. The number of amides is 1. The van der Waals surface area contributed by atoms with Crippen LogP contribution in [0.4, 0.5) is 0 Å². The van der Waals surface area contributed by atoms with E-state index in [1.807, 2.05) is 36.4 Å². The Hall–Kier alpha value is -3.93. The molecule has 1 aliphatic carbocycles. The molecule has 1 amide bonds. The van der Waals surface area contributed by atoms with Gasteiger partial charge in [-0.1, -0.05) is 43.5 Å². The number of sulfonamides is 2.